The van der Waals surface area contributed by atoms with Crippen molar-refractivity contribution in [3.63, 3.8) is 0 Å². The molecule has 3 rings (SSSR count). The van der Waals surface area contributed by atoms with Crippen molar-refractivity contribution in [3.8, 4) is 0 Å². The van der Waals surface area contributed by atoms with E-state index in [9.17, 15) is 61.0 Å². The van der Waals surface area contributed by atoms with Gasteiger partial charge in [-0.15, -0.1) is 0 Å². The Morgan fingerprint density at radius 1 is 0.402 bits per heavy atom. The molecule has 19 nitrogen and oxygen atoms in total. The quantitative estimate of drug-likeness (QED) is 0.0200. The van der Waals surface area contributed by atoms with Gasteiger partial charge in [-0.1, -0.05) is 217 Å². The van der Waals surface area contributed by atoms with Gasteiger partial charge >= 0.3 is 0 Å². The summed E-state index contributed by atoms with van der Waals surface area (Å²) in [6.45, 7) is 1.71. The zero-order valence-corrected chi connectivity index (χ0v) is 53.5. The van der Waals surface area contributed by atoms with Gasteiger partial charge in [0.15, 0.2) is 18.9 Å². The lowest BCUT2D eigenvalue weighted by molar-refractivity contribution is -0.379. The fourth-order valence-electron chi connectivity index (χ4n) is 11.5. The fourth-order valence-corrected chi connectivity index (χ4v) is 11.5. The van der Waals surface area contributed by atoms with Crippen molar-refractivity contribution >= 4 is 5.91 Å². The minimum Gasteiger partial charge on any atom is -0.394 e. The largest absolute Gasteiger partial charge is 0.394 e. The minimum absolute atomic E-state index is 0.226. The Kier molecular flexibility index (Phi) is 45.7. The average molecular weight is 1240 g/mol. The molecular formula is C68H123NO18. The van der Waals surface area contributed by atoms with Gasteiger partial charge in [0.25, 0.3) is 0 Å². The number of nitrogens with one attached hydrogen (secondary N) is 1. The van der Waals surface area contributed by atoms with Gasteiger partial charge in [-0.05, 0) is 70.6 Å². The van der Waals surface area contributed by atoms with Crippen molar-refractivity contribution in [2.24, 2.45) is 0 Å². The van der Waals surface area contributed by atoms with Crippen molar-refractivity contribution < 1.29 is 89.4 Å². The number of allylic oxidation sites excluding steroid dienone is 7. The van der Waals surface area contributed by atoms with Crippen LogP contribution in [0, 0.1) is 0 Å². The highest BCUT2D eigenvalue weighted by Crippen LogP contribution is 2.33. The third kappa shape index (κ3) is 32.7. The maximum atomic E-state index is 13.4. The second kappa shape index (κ2) is 50.3. The highest BCUT2D eigenvalue weighted by atomic mass is 16.8. The van der Waals surface area contributed by atoms with Crippen molar-refractivity contribution in [1.82, 2.24) is 5.32 Å². The summed E-state index contributed by atoms with van der Waals surface area (Å²) in [5.41, 5.74) is 0. The van der Waals surface area contributed by atoms with Gasteiger partial charge < -0.3 is 89.9 Å². The van der Waals surface area contributed by atoms with Crippen LogP contribution in [-0.4, -0.2) is 193 Å². The van der Waals surface area contributed by atoms with Gasteiger partial charge in [-0.25, -0.2) is 0 Å². The van der Waals surface area contributed by atoms with Crippen LogP contribution >= 0.6 is 0 Å². The first kappa shape index (κ1) is 79.0. The number of rotatable bonds is 52. The minimum atomic E-state index is -1.98. The van der Waals surface area contributed by atoms with Gasteiger partial charge in [0, 0.05) is 6.42 Å². The molecule has 0 aromatic heterocycles. The first-order valence-corrected chi connectivity index (χ1v) is 34.4. The number of aliphatic hydroxyl groups excluding tert-OH is 11. The zero-order valence-electron chi connectivity index (χ0n) is 53.5. The third-order valence-electron chi connectivity index (χ3n) is 17.1. The summed E-state index contributed by atoms with van der Waals surface area (Å²) in [6, 6.07) is -0.999. The SMILES string of the molecule is CCCCCCCC/C=C\CCCCCCCCCC(=O)NC(COC1OC(CO)C(OC2OC(CO)C(OC3OC(CO)C(O)C(O)C3O)C(O)C2O)C(O)C1O)C(O)/C=C/CC/C=C/CC/C=C/CCCCCCCCCCCCCCCCC. The van der Waals surface area contributed by atoms with Crippen LogP contribution < -0.4 is 5.32 Å². The molecule has 3 heterocycles. The predicted octanol–water partition coefficient (Wildman–Crippen LogP) is 8.61. The number of carbonyl (C=O) groups is 1. The maximum Gasteiger partial charge on any atom is 0.220 e. The lowest BCUT2D eigenvalue weighted by Gasteiger charge is -2.48. The lowest BCUT2D eigenvalue weighted by atomic mass is 9.96. The molecule has 0 bridgehead atoms. The third-order valence-corrected chi connectivity index (χ3v) is 17.1. The smallest absolute Gasteiger partial charge is 0.220 e. The van der Waals surface area contributed by atoms with Crippen LogP contribution in [0.25, 0.3) is 0 Å². The van der Waals surface area contributed by atoms with E-state index in [1.54, 1.807) is 6.08 Å². The Hall–Kier alpha value is -2.25. The Bertz CT molecular complexity index is 1770. The number of hydrogen-bond acceptors (Lipinski definition) is 18. The van der Waals surface area contributed by atoms with Gasteiger partial charge in [0.2, 0.25) is 5.91 Å². The number of ether oxygens (including phenoxy) is 6. The van der Waals surface area contributed by atoms with Gasteiger partial charge in [-0.3, -0.25) is 4.79 Å². The van der Waals surface area contributed by atoms with Crippen molar-refractivity contribution in [2.75, 3.05) is 26.4 Å². The van der Waals surface area contributed by atoms with E-state index < -0.39 is 124 Å². The zero-order chi connectivity index (χ0) is 63.3. The molecule has 508 valence electrons. The number of aliphatic hydroxyl groups is 11. The summed E-state index contributed by atoms with van der Waals surface area (Å²) in [5, 5.41) is 120. The summed E-state index contributed by atoms with van der Waals surface area (Å²) in [6.07, 6.45) is 32.3. The predicted molar refractivity (Wildman–Crippen MR) is 337 cm³/mol. The molecule has 0 saturated carbocycles. The molecule has 12 N–H and O–H groups in total. The standard InChI is InChI=1S/C68H123NO18/c1-3-5-7-9-11-13-15-17-19-21-22-23-24-25-26-27-28-30-31-33-35-37-39-41-43-45-52(73)51(69-56(74)46-44-42-40-38-36-34-32-29-20-18-16-14-12-10-8-6-4-2)50-82-66-62(80)59(77)64(54(48-71)84-66)87-68-63(81)60(78)65(55(49-72)85-68)86-67-61(79)58(76)57(75)53(47-70)83-67/h18,20,28,30,35,37,43,45,51-55,57-68,70-73,75-81H,3-17,19,21-27,29,31-34,36,38-42,44,46-50H2,1-2H3,(H,69,74)/b20-18-,30-28+,37-35+,45-43+. The van der Waals surface area contributed by atoms with Crippen LogP contribution in [0.15, 0.2) is 48.6 Å². The first-order valence-electron chi connectivity index (χ1n) is 34.4. The van der Waals surface area contributed by atoms with E-state index in [1.807, 2.05) is 6.08 Å². The topological polar surface area (TPSA) is 307 Å². The molecule has 0 radical (unpaired) electrons. The molecule has 17 unspecified atom stereocenters. The number of amides is 1. The van der Waals surface area contributed by atoms with E-state index in [0.29, 0.717) is 12.8 Å². The normalized spacial score (nSPS) is 28.9. The molecule has 0 aromatic carbocycles. The molecular weight excluding hydrogens is 1120 g/mol. The van der Waals surface area contributed by atoms with Crippen LogP contribution in [0.5, 0.6) is 0 Å². The summed E-state index contributed by atoms with van der Waals surface area (Å²) in [4.78, 5) is 13.4. The van der Waals surface area contributed by atoms with E-state index in [4.69, 9.17) is 28.4 Å². The molecule has 17 atom stereocenters. The van der Waals surface area contributed by atoms with Crippen LogP contribution in [0.3, 0.4) is 0 Å². The molecule has 19 heteroatoms. The van der Waals surface area contributed by atoms with Gasteiger partial charge in [-0.2, -0.15) is 0 Å². The summed E-state index contributed by atoms with van der Waals surface area (Å²) in [5.74, 6) is -0.294. The average Bonchev–Trinajstić information content (AvgIpc) is 2.97. The molecule has 3 aliphatic heterocycles. The maximum absolute atomic E-state index is 13.4. The number of unbranched alkanes of at least 4 members (excludes halogenated alkanes) is 30. The van der Waals surface area contributed by atoms with E-state index in [0.717, 1.165) is 57.8 Å². The van der Waals surface area contributed by atoms with E-state index in [-0.39, 0.29) is 18.9 Å². The molecule has 3 aliphatic rings. The van der Waals surface area contributed by atoms with E-state index >= 15 is 0 Å². The Balaban J connectivity index is 1.47. The second-order valence-corrected chi connectivity index (χ2v) is 24.6. The molecule has 0 aliphatic carbocycles. The molecule has 1 amide bonds. The molecule has 0 aromatic rings. The van der Waals surface area contributed by atoms with E-state index in [1.165, 1.54) is 154 Å². The van der Waals surface area contributed by atoms with Crippen molar-refractivity contribution in [1.29, 1.82) is 0 Å². The highest BCUT2D eigenvalue weighted by Gasteiger charge is 2.53. The summed E-state index contributed by atoms with van der Waals surface area (Å²) >= 11 is 0. The highest BCUT2D eigenvalue weighted by molar-refractivity contribution is 5.76. The molecule has 3 fully saturated rings. The van der Waals surface area contributed by atoms with Crippen LogP contribution in [0.1, 0.15) is 245 Å². The first-order chi connectivity index (χ1) is 42.3. The van der Waals surface area contributed by atoms with Crippen LogP contribution in [-0.2, 0) is 33.2 Å². The Morgan fingerprint density at radius 3 is 1.15 bits per heavy atom. The number of carbonyl (C=O) groups excluding carboxylic acids is 1. The van der Waals surface area contributed by atoms with Crippen LogP contribution in [0.4, 0.5) is 0 Å². The van der Waals surface area contributed by atoms with Crippen molar-refractivity contribution in [3.05, 3.63) is 48.6 Å². The fraction of sp³-hybridized carbons (Fsp3) is 0.868. The molecule has 87 heavy (non-hydrogen) atoms. The van der Waals surface area contributed by atoms with Crippen LogP contribution in [0.2, 0.25) is 0 Å². The molecule has 3 saturated heterocycles. The monoisotopic (exact) mass is 1240 g/mol. The Labute approximate surface area is 523 Å². The number of hydrogen-bond donors (Lipinski definition) is 12. The molecule has 0 spiro atoms. The summed E-state index contributed by atoms with van der Waals surface area (Å²) in [7, 11) is 0. The lowest BCUT2D eigenvalue weighted by Crippen LogP contribution is -2.66. The van der Waals surface area contributed by atoms with E-state index in [2.05, 4.69) is 55.6 Å². The van der Waals surface area contributed by atoms with Gasteiger partial charge in [0.05, 0.1) is 38.6 Å². The van der Waals surface area contributed by atoms with Crippen molar-refractivity contribution in [2.45, 2.75) is 349 Å². The second-order valence-electron chi connectivity index (χ2n) is 24.6. The Morgan fingerprint density at radius 2 is 0.736 bits per heavy atom. The van der Waals surface area contributed by atoms with Gasteiger partial charge in [0.1, 0.15) is 73.2 Å². The summed E-state index contributed by atoms with van der Waals surface area (Å²) < 4.78 is 34.3.